The molecular weight excluding hydrogens is 560 g/mol. The molecule has 5 rings (SSSR count). The Morgan fingerprint density at radius 1 is 0.884 bits per heavy atom. The third-order valence-corrected chi connectivity index (χ3v) is 14.7. The Labute approximate surface area is 254 Å². The molecule has 2 heterocycles. The Hall–Kier alpha value is -3.79. The van der Waals surface area contributed by atoms with Crippen LogP contribution in [-0.4, -0.2) is 65.7 Å². The standard InChI is InChI=1S/C34H40N2O6Si/c1-32(2,3)34(41,31(39)40)28-30(38)35(19-20-42-28)24-17-18-27-23(21-24)22-36(29(27)37)43(33(4,5)6,25-13-9-7-10-14-25)26-15-11-8-12-16-26/h7-18,21,28,41H,19-20,22H2,1-6H3,(H,39,40)/t28-,34+/m0/s1. The lowest BCUT2D eigenvalue weighted by atomic mass is 9.72. The highest BCUT2D eigenvalue weighted by atomic mass is 28.3. The van der Waals surface area contributed by atoms with Gasteiger partial charge in [0.05, 0.1) is 6.61 Å². The number of rotatable bonds is 6. The summed E-state index contributed by atoms with van der Waals surface area (Å²) in [5.41, 5.74) is -1.68. The Kier molecular flexibility index (Phi) is 7.65. The van der Waals surface area contributed by atoms with Crippen molar-refractivity contribution in [2.24, 2.45) is 5.41 Å². The van der Waals surface area contributed by atoms with Crippen molar-refractivity contribution in [3.05, 3.63) is 90.0 Å². The Morgan fingerprint density at radius 2 is 1.44 bits per heavy atom. The van der Waals surface area contributed by atoms with Gasteiger partial charge in [-0.3, -0.25) is 9.59 Å². The molecule has 3 aromatic rings. The van der Waals surface area contributed by atoms with Crippen LogP contribution in [-0.2, 0) is 20.9 Å². The quantitative estimate of drug-likeness (QED) is 0.417. The van der Waals surface area contributed by atoms with Crippen molar-refractivity contribution in [3.63, 3.8) is 0 Å². The molecule has 0 unspecified atom stereocenters. The van der Waals surface area contributed by atoms with E-state index in [1.54, 1.807) is 32.9 Å². The van der Waals surface area contributed by atoms with Gasteiger partial charge in [-0.15, -0.1) is 0 Å². The molecule has 2 aliphatic heterocycles. The number of morpholine rings is 1. The summed E-state index contributed by atoms with van der Waals surface area (Å²) in [6, 6.07) is 25.9. The summed E-state index contributed by atoms with van der Waals surface area (Å²) in [5.74, 6) is -2.19. The first-order valence-electron chi connectivity index (χ1n) is 14.6. The molecular formula is C34H40N2O6Si. The van der Waals surface area contributed by atoms with Crippen molar-refractivity contribution >= 4 is 42.1 Å². The molecule has 1 fully saturated rings. The molecule has 2 amide bonds. The number of carbonyl (C=O) groups excluding carboxylic acids is 2. The van der Waals surface area contributed by atoms with Crippen molar-refractivity contribution in [1.29, 1.82) is 0 Å². The smallest absolute Gasteiger partial charge is 0.339 e. The van der Waals surface area contributed by atoms with E-state index in [-0.39, 0.29) is 24.1 Å². The lowest BCUT2D eigenvalue weighted by Crippen LogP contribution is -2.74. The molecule has 0 aromatic heterocycles. The number of carboxylic acids is 1. The highest BCUT2D eigenvalue weighted by Crippen LogP contribution is 2.43. The number of benzene rings is 3. The second kappa shape index (κ2) is 10.7. The number of hydrogen-bond donors (Lipinski definition) is 2. The average Bonchev–Trinajstić information content (AvgIpc) is 3.28. The Morgan fingerprint density at radius 3 is 1.93 bits per heavy atom. The molecule has 0 aliphatic carbocycles. The molecule has 0 radical (unpaired) electrons. The monoisotopic (exact) mass is 600 g/mol. The number of carbonyl (C=O) groups is 3. The molecule has 226 valence electrons. The van der Waals surface area contributed by atoms with E-state index in [1.165, 1.54) is 4.90 Å². The normalized spacial score (nSPS) is 19.3. The molecule has 43 heavy (non-hydrogen) atoms. The van der Waals surface area contributed by atoms with Gasteiger partial charge < -0.3 is 24.4 Å². The lowest BCUT2D eigenvalue weighted by molar-refractivity contribution is -0.203. The number of nitrogens with zero attached hydrogens (tertiary/aromatic N) is 2. The van der Waals surface area contributed by atoms with Gasteiger partial charge in [0.15, 0.2) is 6.10 Å². The van der Waals surface area contributed by atoms with E-state index in [1.807, 2.05) is 42.5 Å². The van der Waals surface area contributed by atoms with Gasteiger partial charge >= 0.3 is 5.97 Å². The van der Waals surface area contributed by atoms with Crippen LogP contribution < -0.4 is 15.3 Å². The first kappa shape index (κ1) is 30.7. The minimum absolute atomic E-state index is 0.0463. The van der Waals surface area contributed by atoms with Gasteiger partial charge in [0, 0.05) is 29.8 Å². The third-order valence-electron chi connectivity index (χ3n) is 9.02. The first-order valence-corrected chi connectivity index (χ1v) is 16.5. The lowest BCUT2D eigenvalue weighted by Gasteiger charge is -2.49. The van der Waals surface area contributed by atoms with Gasteiger partial charge in [-0.1, -0.05) is 102 Å². The van der Waals surface area contributed by atoms with E-state index in [2.05, 4.69) is 49.6 Å². The molecule has 2 aliphatic rings. The van der Waals surface area contributed by atoms with Crippen LogP contribution in [0.2, 0.25) is 5.04 Å². The first-order chi connectivity index (χ1) is 20.2. The zero-order valence-corrected chi connectivity index (χ0v) is 26.6. The summed E-state index contributed by atoms with van der Waals surface area (Å²) in [5, 5.41) is 23.2. The Bertz CT molecular complexity index is 1510. The fourth-order valence-electron chi connectivity index (χ4n) is 6.82. The highest BCUT2D eigenvalue weighted by molar-refractivity contribution is 7.03. The SMILES string of the molecule is CC(C)(C)[C@](O)(C(=O)O)[C@H]1OCCN(c2ccc3c(c2)CN([Si](c2ccccc2)(c2ccccc2)C(C)(C)C)C3=O)C1=O. The number of ether oxygens (including phenoxy) is 1. The largest absolute Gasteiger partial charge is 0.479 e. The van der Waals surface area contributed by atoms with Crippen LogP contribution in [0.15, 0.2) is 78.9 Å². The number of hydrogen-bond acceptors (Lipinski definition) is 5. The topological polar surface area (TPSA) is 107 Å². The van der Waals surface area contributed by atoms with Gasteiger partial charge in [0.25, 0.3) is 5.91 Å². The van der Waals surface area contributed by atoms with E-state index in [0.717, 1.165) is 15.9 Å². The molecule has 0 spiro atoms. The highest BCUT2D eigenvalue weighted by Gasteiger charge is 2.59. The zero-order valence-electron chi connectivity index (χ0n) is 25.6. The summed E-state index contributed by atoms with van der Waals surface area (Å²) in [6.45, 7) is 11.9. The van der Waals surface area contributed by atoms with E-state index in [0.29, 0.717) is 17.8 Å². The van der Waals surface area contributed by atoms with Gasteiger partial charge in [-0.05, 0) is 39.2 Å². The number of amides is 2. The zero-order chi connectivity index (χ0) is 31.4. The van der Waals surface area contributed by atoms with Crippen molar-refractivity contribution in [3.8, 4) is 0 Å². The number of aliphatic hydroxyl groups is 1. The fourth-order valence-corrected chi connectivity index (χ4v) is 12.5. The molecule has 0 bridgehead atoms. The number of carboxylic acid groups (broad SMARTS) is 1. The summed E-state index contributed by atoms with van der Waals surface area (Å²) >= 11 is 0. The molecule has 2 N–H and O–H groups in total. The van der Waals surface area contributed by atoms with Crippen LogP contribution in [0.3, 0.4) is 0 Å². The van der Waals surface area contributed by atoms with Crippen LogP contribution in [0.1, 0.15) is 57.5 Å². The number of anilines is 1. The third kappa shape index (κ3) is 4.70. The van der Waals surface area contributed by atoms with E-state index in [4.69, 9.17) is 4.74 Å². The maximum atomic E-state index is 14.3. The summed E-state index contributed by atoms with van der Waals surface area (Å²) in [4.78, 5) is 41.8. The van der Waals surface area contributed by atoms with Crippen molar-refractivity contribution < 1.29 is 29.3 Å². The molecule has 8 nitrogen and oxygen atoms in total. The van der Waals surface area contributed by atoms with Crippen molar-refractivity contribution in [2.45, 2.75) is 64.8 Å². The fraction of sp³-hybridized carbons (Fsp3) is 0.382. The molecule has 3 aromatic carbocycles. The summed E-state index contributed by atoms with van der Waals surface area (Å²) in [7, 11) is -2.93. The minimum atomic E-state index is -2.93. The minimum Gasteiger partial charge on any atom is -0.479 e. The van der Waals surface area contributed by atoms with Gasteiger partial charge in [-0.25, -0.2) is 4.79 Å². The van der Waals surface area contributed by atoms with Gasteiger partial charge in [-0.2, -0.15) is 0 Å². The van der Waals surface area contributed by atoms with Crippen molar-refractivity contribution in [1.82, 2.24) is 4.57 Å². The van der Waals surface area contributed by atoms with Crippen LogP contribution >= 0.6 is 0 Å². The van der Waals surface area contributed by atoms with Gasteiger partial charge in [0.1, 0.15) is 0 Å². The predicted molar refractivity (Wildman–Crippen MR) is 168 cm³/mol. The van der Waals surface area contributed by atoms with Crippen LogP contribution in [0.5, 0.6) is 0 Å². The number of aliphatic carboxylic acids is 1. The molecule has 0 saturated carbocycles. The maximum absolute atomic E-state index is 14.3. The average molecular weight is 601 g/mol. The predicted octanol–water partition coefficient (Wildman–Crippen LogP) is 3.80. The van der Waals surface area contributed by atoms with E-state index in [9.17, 15) is 24.6 Å². The number of fused-ring (bicyclic) bond motifs is 1. The van der Waals surface area contributed by atoms with Crippen molar-refractivity contribution in [2.75, 3.05) is 18.1 Å². The summed E-state index contributed by atoms with van der Waals surface area (Å²) in [6.07, 6.45) is -1.58. The van der Waals surface area contributed by atoms with Crippen LogP contribution in [0.4, 0.5) is 5.69 Å². The van der Waals surface area contributed by atoms with E-state index >= 15 is 0 Å². The Balaban J connectivity index is 1.57. The molecule has 1 saturated heterocycles. The maximum Gasteiger partial charge on any atom is 0.339 e. The molecule has 9 heteroatoms. The van der Waals surface area contributed by atoms with Crippen LogP contribution in [0.25, 0.3) is 0 Å². The summed E-state index contributed by atoms with van der Waals surface area (Å²) < 4.78 is 7.69. The van der Waals surface area contributed by atoms with E-state index < -0.39 is 37.2 Å². The van der Waals surface area contributed by atoms with Gasteiger partial charge in [0.2, 0.25) is 19.7 Å². The van der Waals surface area contributed by atoms with Crippen LogP contribution in [0, 0.1) is 5.41 Å². The molecule has 2 atom stereocenters. The second-order valence-electron chi connectivity index (χ2n) is 13.5. The second-order valence-corrected chi connectivity index (χ2v) is 18.1.